The quantitative estimate of drug-likeness (QED) is 0.152. The number of hydrogen-bond donors (Lipinski definition) is 0. The highest BCUT2D eigenvalue weighted by atomic mass is 16.3. The van der Waals surface area contributed by atoms with Crippen LogP contribution in [-0.2, 0) is 0 Å². The van der Waals surface area contributed by atoms with Crippen LogP contribution in [-0.4, -0.2) is 0 Å². The summed E-state index contributed by atoms with van der Waals surface area (Å²) in [6, 6.07) is 89.7. The Morgan fingerprint density at radius 3 is 1.36 bits per heavy atom. The fourth-order valence-corrected chi connectivity index (χ4v) is 9.36. The number of anilines is 3. The Bertz CT molecular complexity index is 3610. The predicted molar refractivity (Wildman–Crippen MR) is 271 cm³/mol. The molecule has 300 valence electrons. The molecule has 0 aliphatic carbocycles. The van der Waals surface area contributed by atoms with E-state index in [2.05, 4.69) is 235 Å². The van der Waals surface area contributed by atoms with Crippen LogP contribution in [0.2, 0.25) is 0 Å². The van der Waals surface area contributed by atoms with E-state index in [4.69, 9.17) is 4.42 Å². The van der Waals surface area contributed by atoms with Gasteiger partial charge in [0.05, 0.1) is 0 Å². The van der Waals surface area contributed by atoms with Gasteiger partial charge in [0.25, 0.3) is 0 Å². The van der Waals surface area contributed by atoms with E-state index in [1.807, 2.05) is 18.2 Å². The van der Waals surface area contributed by atoms with Gasteiger partial charge in [0.15, 0.2) is 0 Å². The molecule has 0 radical (unpaired) electrons. The van der Waals surface area contributed by atoms with E-state index in [1.54, 1.807) is 0 Å². The number of fused-ring (bicyclic) bond motifs is 4. The fourth-order valence-electron chi connectivity index (χ4n) is 9.36. The Labute approximate surface area is 372 Å². The van der Waals surface area contributed by atoms with Gasteiger partial charge in [-0.3, -0.25) is 0 Å². The average Bonchev–Trinajstić information content (AvgIpc) is 3.81. The van der Waals surface area contributed by atoms with Crippen molar-refractivity contribution < 1.29 is 4.42 Å². The summed E-state index contributed by atoms with van der Waals surface area (Å²) in [5, 5.41) is 8.49. The van der Waals surface area contributed by atoms with E-state index < -0.39 is 0 Å². The molecule has 64 heavy (non-hydrogen) atoms. The summed E-state index contributed by atoms with van der Waals surface area (Å²) < 4.78 is 6.23. The van der Waals surface area contributed by atoms with E-state index in [0.717, 1.165) is 44.9 Å². The summed E-state index contributed by atoms with van der Waals surface area (Å²) in [5.74, 6) is 0.876. The second kappa shape index (κ2) is 15.8. The van der Waals surface area contributed by atoms with Gasteiger partial charge in [0.2, 0.25) is 0 Å². The molecular formula is C62H41NO. The van der Waals surface area contributed by atoms with E-state index in [0.29, 0.717) is 0 Å². The van der Waals surface area contributed by atoms with Gasteiger partial charge in [-0.15, -0.1) is 0 Å². The summed E-state index contributed by atoms with van der Waals surface area (Å²) in [7, 11) is 0. The number of nitrogens with zero attached hydrogens (tertiary/aromatic N) is 1. The summed E-state index contributed by atoms with van der Waals surface area (Å²) in [6.07, 6.45) is 0. The zero-order valence-electron chi connectivity index (χ0n) is 35.0. The van der Waals surface area contributed by atoms with Crippen molar-refractivity contribution in [2.24, 2.45) is 0 Å². The van der Waals surface area contributed by atoms with Gasteiger partial charge in [0.1, 0.15) is 11.3 Å². The normalized spacial score (nSPS) is 11.4. The van der Waals surface area contributed by atoms with E-state index in [1.165, 1.54) is 71.3 Å². The molecule has 12 aromatic rings. The molecule has 0 unspecified atom stereocenters. The second-order valence-corrected chi connectivity index (χ2v) is 16.5. The molecule has 0 aliphatic rings. The number of hydrogen-bond acceptors (Lipinski definition) is 2. The maximum atomic E-state index is 6.23. The number of furan rings is 1. The molecule has 0 N–H and O–H groups in total. The lowest BCUT2D eigenvalue weighted by Crippen LogP contribution is -2.09. The molecule has 0 atom stereocenters. The van der Waals surface area contributed by atoms with Crippen molar-refractivity contribution in [3.8, 4) is 55.8 Å². The second-order valence-electron chi connectivity index (χ2n) is 16.5. The predicted octanol–water partition coefficient (Wildman–Crippen LogP) is 17.7. The van der Waals surface area contributed by atoms with E-state index in [-0.39, 0.29) is 0 Å². The maximum Gasteiger partial charge on any atom is 0.135 e. The van der Waals surface area contributed by atoms with Crippen LogP contribution in [0, 0.1) is 0 Å². The van der Waals surface area contributed by atoms with Crippen LogP contribution in [0.1, 0.15) is 0 Å². The Hall–Kier alpha value is -8.46. The topological polar surface area (TPSA) is 16.4 Å². The molecule has 0 saturated heterocycles. The molecule has 0 amide bonds. The van der Waals surface area contributed by atoms with Crippen molar-refractivity contribution >= 4 is 60.3 Å². The van der Waals surface area contributed by atoms with Crippen LogP contribution in [0.25, 0.3) is 99.1 Å². The van der Waals surface area contributed by atoms with Gasteiger partial charge in [-0.2, -0.15) is 0 Å². The molecule has 0 fully saturated rings. The Balaban J connectivity index is 0.890. The third kappa shape index (κ3) is 6.88. The van der Waals surface area contributed by atoms with Crippen molar-refractivity contribution in [1.82, 2.24) is 0 Å². The van der Waals surface area contributed by atoms with E-state index >= 15 is 0 Å². The van der Waals surface area contributed by atoms with Gasteiger partial charge in [-0.05, 0) is 137 Å². The zero-order chi connectivity index (χ0) is 42.4. The fraction of sp³-hybridized carbons (Fsp3) is 0. The minimum absolute atomic E-state index is 0.876. The smallest absolute Gasteiger partial charge is 0.135 e. The van der Waals surface area contributed by atoms with Crippen molar-refractivity contribution in [1.29, 1.82) is 0 Å². The Morgan fingerprint density at radius 2 is 0.703 bits per heavy atom. The highest BCUT2D eigenvalue weighted by Gasteiger charge is 2.16. The molecule has 2 nitrogen and oxygen atoms in total. The van der Waals surface area contributed by atoms with Crippen molar-refractivity contribution in [3.05, 3.63) is 249 Å². The summed E-state index contributed by atoms with van der Waals surface area (Å²) in [6.45, 7) is 0. The monoisotopic (exact) mass is 815 g/mol. The van der Waals surface area contributed by atoms with Crippen LogP contribution in [0.4, 0.5) is 17.1 Å². The molecule has 11 aromatic carbocycles. The minimum Gasteiger partial charge on any atom is -0.456 e. The maximum absolute atomic E-state index is 6.23. The van der Waals surface area contributed by atoms with Crippen LogP contribution < -0.4 is 4.90 Å². The lowest BCUT2D eigenvalue weighted by atomic mass is 9.96. The highest BCUT2D eigenvalue weighted by Crippen LogP contribution is 2.40. The molecule has 0 saturated carbocycles. The molecule has 1 aromatic heterocycles. The van der Waals surface area contributed by atoms with Gasteiger partial charge in [0, 0.05) is 28.0 Å². The number of rotatable bonds is 8. The van der Waals surface area contributed by atoms with Crippen molar-refractivity contribution in [2.45, 2.75) is 0 Å². The molecule has 2 heteroatoms. The zero-order valence-corrected chi connectivity index (χ0v) is 35.0. The highest BCUT2D eigenvalue weighted by molar-refractivity contribution is 5.99. The molecule has 0 spiro atoms. The van der Waals surface area contributed by atoms with Gasteiger partial charge in [-0.1, -0.05) is 188 Å². The first-order chi connectivity index (χ1) is 31.7. The SMILES string of the molecule is c1cc(-c2ccc3cc(N(c4ccc(-c5ccc(-c6cccc7ccccc67)cc5)cc4)c4ccc(-c5cccc6ccccc56)cc4)ccc3c2)cc(-c2cc3ccccc3o2)c1. The van der Waals surface area contributed by atoms with Crippen LogP contribution in [0.5, 0.6) is 0 Å². The molecule has 1 heterocycles. The molecular weight excluding hydrogens is 775 g/mol. The average molecular weight is 816 g/mol. The lowest BCUT2D eigenvalue weighted by Gasteiger charge is -2.26. The van der Waals surface area contributed by atoms with E-state index in [9.17, 15) is 0 Å². The molecule has 0 aliphatic heterocycles. The largest absolute Gasteiger partial charge is 0.456 e. The first-order valence-corrected chi connectivity index (χ1v) is 21.9. The van der Waals surface area contributed by atoms with Crippen molar-refractivity contribution in [3.63, 3.8) is 0 Å². The lowest BCUT2D eigenvalue weighted by molar-refractivity contribution is 0.631. The summed E-state index contributed by atoms with van der Waals surface area (Å²) in [4.78, 5) is 2.37. The van der Waals surface area contributed by atoms with Crippen LogP contribution in [0.3, 0.4) is 0 Å². The minimum atomic E-state index is 0.876. The van der Waals surface area contributed by atoms with Crippen LogP contribution in [0.15, 0.2) is 253 Å². The third-order valence-electron chi connectivity index (χ3n) is 12.7. The van der Waals surface area contributed by atoms with Gasteiger partial charge < -0.3 is 9.32 Å². The molecule has 12 rings (SSSR count). The molecule has 0 bridgehead atoms. The third-order valence-corrected chi connectivity index (χ3v) is 12.7. The van der Waals surface area contributed by atoms with Gasteiger partial charge in [-0.25, -0.2) is 0 Å². The summed E-state index contributed by atoms with van der Waals surface area (Å²) >= 11 is 0. The number of para-hydroxylation sites is 1. The van der Waals surface area contributed by atoms with Gasteiger partial charge >= 0.3 is 0 Å². The Morgan fingerprint density at radius 1 is 0.250 bits per heavy atom. The first-order valence-electron chi connectivity index (χ1n) is 21.9. The first kappa shape index (κ1) is 37.3. The summed E-state index contributed by atoms with van der Waals surface area (Å²) in [5.41, 5.74) is 14.8. The standard InChI is InChI=1S/C62H41NO/c1-4-17-57-44(10-1)13-8-19-59(57)46-24-22-42(23-25-46)43-28-33-54(34-29-43)63(55-35-30-47(31-36-55)60-20-9-14-45-11-2-5-18-58(45)60)56-37-32-50-38-49(26-27-51(50)40-56)48-15-7-16-52(39-48)62-41-53-12-3-6-21-61(53)64-62/h1-41H. The van der Waals surface area contributed by atoms with Crippen molar-refractivity contribution in [2.75, 3.05) is 4.90 Å². The Kier molecular flexibility index (Phi) is 9.20. The van der Waals surface area contributed by atoms with Crippen LogP contribution >= 0.6 is 0 Å². The number of benzene rings is 11.